The Morgan fingerprint density at radius 1 is 1.64 bits per heavy atom. The molecule has 1 N–H and O–H groups in total. The van der Waals surface area contributed by atoms with Gasteiger partial charge in [0.15, 0.2) is 5.57 Å². The second kappa shape index (κ2) is 2.43. The van der Waals surface area contributed by atoms with Crippen LogP contribution in [0.3, 0.4) is 0 Å². The molecule has 0 aromatic rings. The first-order valence-corrected chi connectivity index (χ1v) is 3.98. The lowest BCUT2D eigenvalue weighted by atomic mass is 10.1. The van der Waals surface area contributed by atoms with Gasteiger partial charge in [-0.2, -0.15) is 10.5 Å². The van der Waals surface area contributed by atoms with Gasteiger partial charge in [-0.3, -0.25) is 9.79 Å². The summed E-state index contributed by atoms with van der Waals surface area (Å²) in [6.07, 6.45) is 1.79. The minimum Gasteiger partial charge on any atom is -0.481 e. The zero-order chi connectivity index (χ0) is 10.3. The van der Waals surface area contributed by atoms with E-state index in [0.29, 0.717) is 12.1 Å². The molecule has 14 heavy (non-hydrogen) atoms. The Hall–Kier alpha value is -2.14. The predicted molar refractivity (Wildman–Crippen MR) is 44.9 cm³/mol. The van der Waals surface area contributed by atoms with Gasteiger partial charge in [-0.25, -0.2) is 0 Å². The van der Waals surface area contributed by atoms with Crippen LogP contribution in [-0.4, -0.2) is 17.3 Å². The van der Waals surface area contributed by atoms with Crippen LogP contribution in [0, 0.1) is 34.0 Å². The predicted octanol–water partition coefficient (Wildman–Crippen LogP) is 0.463. The molecule has 5 heteroatoms. The normalized spacial score (nSPS) is 31.6. The number of nitrogens with zero attached hydrogens (tertiary/aromatic N) is 3. The van der Waals surface area contributed by atoms with Gasteiger partial charge in [0.1, 0.15) is 17.6 Å². The summed E-state index contributed by atoms with van der Waals surface area (Å²) in [5, 5.41) is 26.1. The second-order valence-electron chi connectivity index (χ2n) is 3.34. The molecule has 2 atom stereocenters. The Kier molecular flexibility index (Phi) is 1.47. The van der Waals surface area contributed by atoms with E-state index in [1.165, 1.54) is 6.21 Å². The molecule has 1 aliphatic heterocycles. The summed E-state index contributed by atoms with van der Waals surface area (Å²) in [4.78, 5) is 14.7. The van der Waals surface area contributed by atoms with Gasteiger partial charge in [0, 0.05) is 12.1 Å². The summed E-state index contributed by atoms with van der Waals surface area (Å²) in [5.74, 6) is -1.20. The van der Waals surface area contributed by atoms with E-state index in [1.54, 1.807) is 12.1 Å². The van der Waals surface area contributed by atoms with Crippen LogP contribution in [0.25, 0.3) is 0 Å². The minimum atomic E-state index is -0.934. The van der Waals surface area contributed by atoms with E-state index in [4.69, 9.17) is 15.6 Å². The summed E-state index contributed by atoms with van der Waals surface area (Å²) in [5.41, 5.74) is -0.668. The zero-order valence-electron chi connectivity index (χ0n) is 7.06. The third-order valence-electron chi connectivity index (χ3n) is 2.65. The van der Waals surface area contributed by atoms with Crippen LogP contribution >= 0.6 is 0 Å². The van der Waals surface area contributed by atoms with Crippen molar-refractivity contribution < 1.29 is 9.90 Å². The van der Waals surface area contributed by atoms with Crippen LogP contribution in [0.1, 0.15) is 6.42 Å². The van der Waals surface area contributed by atoms with E-state index in [9.17, 15) is 4.79 Å². The number of fused-ring (bicyclic) bond motifs is 1. The highest BCUT2D eigenvalue weighted by molar-refractivity contribution is 6.01. The van der Waals surface area contributed by atoms with Gasteiger partial charge in [-0.15, -0.1) is 0 Å². The molecule has 2 rings (SSSR count). The molecule has 0 spiro atoms. The lowest BCUT2D eigenvalue weighted by Crippen LogP contribution is -2.16. The van der Waals surface area contributed by atoms with Crippen LogP contribution in [0.4, 0.5) is 0 Å². The summed E-state index contributed by atoms with van der Waals surface area (Å²) in [6.45, 7) is 0. The van der Waals surface area contributed by atoms with E-state index < -0.39 is 11.4 Å². The SMILES string of the molecule is N#CC(C#N)=C1N=CC2(C(=O)O)CC12. The number of hydrogen-bond acceptors (Lipinski definition) is 4. The van der Waals surface area contributed by atoms with Gasteiger partial charge in [0.05, 0.1) is 5.70 Å². The second-order valence-corrected chi connectivity index (χ2v) is 3.34. The highest BCUT2D eigenvalue weighted by Gasteiger charge is 2.64. The standard InChI is InChI=1S/C9H5N3O2/c10-2-5(3-11)7-6-1-9(6,4-12-7)8(13)14/h4,6H,1H2,(H,13,14). The van der Waals surface area contributed by atoms with Crippen molar-refractivity contribution in [2.24, 2.45) is 16.3 Å². The molecule has 2 aliphatic rings. The van der Waals surface area contributed by atoms with Crippen molar-refractivity contribution in [2.75, 3.05) is 0 Å². The summed E-state index contributed by atoms with van der Waals surface area (Å²) in [6, 6.07) is 3.44. The molecule has 1 fully saturated rings. The Balaban J connectivity index is 2.41. The maximum Gasteiger partial charge on any atom is 0.315 e. The number of rotatable bonds is 1. The fourth-order valence-corrected chi connectivity index (χ4v) is 1.71. The molecule has 0 aromatic heterocycles. The number of aliphatic carboxylic acids is 1. The smallest absolute Gasteiger partial charge is 0.315 e. The van der Waals surface area contributed by atoms with Crippen molar-refractivity contribution in [1.29, 1.82) is 10.5 Å². The molecule has 68 valence electrons. The van der Waals surface area contributed by atoms with Crippen LogP contribution in [0.2, 0.25) is 0 Å². The fourth-order valence-electron chi connectivity index (χ4n) is 1.71. The monoisotopic (exact) mass is 187 g/mol. The first kappa shape index (κ1) is 8.46. The third-order valence-corrected chi connectivity index (χ3v) is 2.65. The van der Waals surface area contributed by atoms with Gasteiger partial charge < -0.3 is 5.11 Å². The highest BCUT2D eigenvalue weighted by atomic mass is 16.4. The van der Waals surface area contributed by atoms with E-state index in [0.717, 1.165) is 0 Å². The van der Waals surface area contributed by atoms with E-state index in [-0.39, 0.29) is 11.5 Å². The molecule has 1 heterocycles. The first-order valence-electron chi connectivity index (χ1n) is 3.98. The van der Waals surface area contributed by atoms with Crippen molar-refractivity contribution in [3.8, 4) is 12.1 Å². The molecule has 0 saturated heterocycles. The molecule has 5 nitrogen and oxygen atoms in total. The zero-order valence-corrected chi connectivity index (χ0v) is 7.06. The molecule has 0 radical (unpaired) electrons. The van der Waals surface area contributed by atoms with Crippen LogP contribution in [0.5, 0.6) is 0 Å². The molecule has 0 amide bonds. The number of carboxylic acids is 1. The highest BCUT2D eigenvalue weighted by Crippen LogP contribution is 2.59. The molecule has 1 aliphatic carbocycles. The Labute approximate surface area is 79.6 Å². The maximum absolute atomic E-state index is 10.8. The van der Waals surface area contributed by atoms with Crippen molar-refractivity contribution >= 4 is 12.2 Å². The number of allylic oxidation sites excluding steroid dienone is 2. The fraction of sp³-hybridized carbons (Fsp3) is 0.333. The lowest BCUT2D eigenvalue weighted by Gasteiger charge is -1.96. The number of carboxylic acid groups (broad SMARTS) is 1. The van der Waals surface area contributed by atoms with Crippen LogP contribution < -0.4 is 0 Å². The number of carbonyl (C=O) groups is 1. The molecular formula is C9H5N3O2. The van der Waals surface area contributed by atoms with Crippen LogP contribution in [-0.2, 0) is 4.79 Å². The Morgan fingerprint density at radius 3 is 2.64 bits per heavy atom. The van der Waals surface area contributed by atoms with Crippen molar-refractivity contribution in [1.82, 2.24) is 0 Å². The quantitative estimate of drug-likeness (QED) is 0.603. The largest absolute Gasteiger partial charge is 0.481 e. The van der Waals surface area contributed by atoms with E-state index >= 15 is 0 Å². The van der Waals surface area contributed by atoms with Gasteiger partial charge in [-0.05, 0) is 6.42 Å². The van der Waals surface area contributed by atoms with E-state index in [2.05, 4.69) is 4.99 Å². The van der Waals surface area contributed by atoms with Crippen molar-refractivity contribution in [3.05, 3.63) is 11.3 Å². The number of aliphatic imine (C=N–C) groups is 1. The average molecular weight is 187 g/mol. The summed E-state index contributed by atoms with van der Waals surface area (Å²) < 4.78 is 0. The van der Waals surface area contributed by atoms with Gasteiger partial charge in [0.25, 0.3) is 0 Å². The molecule has 1 saturated carbocycles. The maximum atomic E-state index is 10.8. The van der Waals surface area contributed by atoms with Gasteiger partial charge in [0.2, 0.25) is 0 Å². The van der Waals surface area contributed by atoms with Crippen LogP contribution in [0.15, 0.2) is 16.3 Å². The Morgan fingerprint density at radius 2 is 2.29 bits per heavy atom. The summed E-state index contributed by atoms with van der Waals surface area (Å²) in [7, 11) is 0. The van der Waals surface area contributed by atoms with Crippen molar-refractivity contribution in [3.63, 3.8) is 0 Å². The minimum absolute atomic E-state index is 0.0770. The van der Waals surface area contributed by atoms with Gasteiger partial charge >= 0.3 is 5.97 Å². The number of nitriles is 2. The lowest BCUT2D eigenvalue weighted by molar-refractivity contribution is -0.140. The number of hydrogen-bond donors (Lipinski definition) is 1. The Bertz CT molecular complexity index is 447. The molecule has 2 unspecified atom stereocenters. The summed E-state index contributed by atoms with van der Waals surface area (Å²) >= 11 is 0. The molecule has 0 aromatic carbocycles. The topological polar surface area (TPSA) is 97.2 Å². The average Bonchev–Trinajstić information content (AvgIpc) is 2.80. The molecular weight excluding hydrogens is 182 g/mol. The van der Waals surface area contributed by atoms with E-state index in [1.807, 2.05) is 0 Å². The van der Waals surface area contributed by atoms with Gasteiger partial charge in [-0.1, -0.05) is 0 Å². The molecule has 0 bridgehead atoms. The third kappa shape index (κ3) is 0.813. The first-order chi connectivity index (χ1) is 6.65. The van der Waals surface area contributed by atoms with Crippen molar-refractivity contribution in [2.45, 2.75) is 6.42 Å².